The Morgan fingerprint density at radius 1 is 1.33 bits per heavy atom. The van der Waals surface area contributed by atoms with E-state index in [-0.39, 0.29) is 24.0 Å². The van der Waals surface area contributed by atoms with Crippen molar-refractivity contribution in [1.29, 1.82) is 0 Å². The van der Waals surface area contributed by atoms with Gasteiger partial charge in [0.25, 0.3) is 0 Å². The molecular weight excluding hydrogens is 455 g/mol. The second-order valence-corrected chi connectivity index (χ2v) is 6.80. The molecule has 6 nitrogen and oxygen atoms in total. The maximum atomic E-state index is 5.40. The van der Waals surface area contributed by atoms with Crippen LogP contribution in [-0.4, -0.2) is 62.8 Å². The minimum Gasteiger partial charge on any atom is -0.469 e. The molecule has 0 spiro atoms. The molecule has 2 rings (SSSR count). The van der Waals surface area contributed by atoms with Gasteiger partial charge in [-0.25, -0.2) is 0 Å². The van der Waals surface area contributed by atoms with Crippen molar-refractivity contribution in [3.63, 3.8) is 0 Å². The van der Waals surface area contributed by atoms with Crippen molar-refractivity contribution in [1.82, 2.24) is 15.5 Å². The molecule has 1 aromatic rings. The first-order valence-electron chi connectivity index (χ1n) is 10.2. The molecule has 0 bridgehead atoms. The lowest BCUT2D eigenvalue weighted by atomic mass is 10.1. The molecule has 1 aliphatic heterocycles. The second kappa shape index (κ2) is 15.2. The van der Waals surface area contributed by atoms with E-state index in [4.69, 9.17) is 14.1 Å². The molecule has 1 aromatic heterocycles. The van der Waals surface area contributed by atoms with Gasteiger partial charge in [0.05, 0.1) is 6.26 Å². The Kier molecular flexibility index (Phi) is 13.6. The van der Waals surface area contributed by atoms with E-state index in [2.05, 4.69) is 22.5 Å². The van der Waals surface area contributed by atoms with E-state index in [0.29, 0.717) is 6.04 Å². The predicted octanol–water partition coefficient (Wildman–Crippen LogP) is 3.28. The summed E-state index contributed by atoms with van der Waals surface area (Å²) in [7, 11) is 0. The van der Waals surface area contributed by atoms with Gasteiger partial charge in [-0.05, 0) is 51.3 Å². The van der Waals surface area contributed by atoms with Gasteiger partial charge in [0, 0.05) is 51.9 Å². The number of nitrogens with zero attached hydrogens (tertiary/aromatic N) is 2. The first kappa shape index (κ1) is 24.2. The van der Waals surface area contributed by atoms with Crippen molar-refractivity contribution in [3.8, 4) is 0 Å². The van der Waals surface area contributed by atoms with E-state index in [0.717, 1.165) is 50.9 Å². The van der Waals surface area contributed by atoms with E-state index in [1.165, 1.54) is 38.9 Å². The number of guanidine groups is 1. The molecule has 0 radical (unpaired) electrons. The number of furan rings is 1. The molecule has 0 unspecified atom stereocenters. The van der Waals surface area contributed by atoms with Crippen LogP contribution in [-0.2, 0) is 11.2 Å². The number of rotatable bonds is 11. The Labute approximate surface area is 181 Å². The van der Waals surface area contributed by atoms with Crippen LogP contribution in [0.1, 0.15) is 45.3 Å². The van der Waals surface area contributed by atoms with Crippen molar-refractivity contribution < 1.29 is 9.15 Å². The number of piperidine rings is 1. The highest BCUT2D eigenvalue weighted by Gasteiger charge is 2.19. The molecule has 0 amide bonds. The van der Waals surface area contributed by atoms with Gasteiger partial charge in [0.1, 0.15) is 5.76 Å². The van der Waals surface area contributed by atoms with Gasteiger partial charge in [0.15, 0.2) is 5.96 Å². The summed E-state index contributed by atoms with van der Waals surface area (Å²) in [5.74, 6) is 1.92. The summed E-state index contributed by atoms with van der Waals surface area (Å²) in [6, 6.07) is 4.45. The van der Waals surface area contributed by atoms with Gasteiger partial charge >= 0.3 is 0 Å². The van der Waals surface area contributed by atoms with Gasteiger partial charge in [-0.15, -0.1) is 24.0 Å². The van der Waals surface area contributed by atoms with Crippen LogP contribution >= 0.6 is 24.0 Å². The number of ether oxygens (including phenoxy) is 1. The summed E-state index contributed by atoms with van der Waals surface area (Å²) in [4.78, 5) is 7.29. The van der Waals surface area contributed by atoms with Crippen molar-refractivity contribution in [2.45, 2.75) is 52.0 Å². The monoisotopic (exact) mass is 492 g/mol. The molecule has 1 saturated heterocycles. The van der Waals surface area contributed by atoms with E-state index < -0.39 is 0 Å². The Morgan fingerprint density at radius 3 is 2.81 bits per heavy atom. The topological polar surface area (TPSA) is 62.0 Å². The van der Waals surface area contributed by atoms with E-state index in [1.54, 1.807) is 6.26 Å². The summed E-state index contributed by atoms with van der Waals surface area (Å²) in [5, 5.41) is 7.09. The Bertz CT molecular complexity index is 488. The lowest BCUT2D eigenvalue weighted by Crippen LogP contribution is -2.49. The molecular formula is C20H37IN4O2. The second-order valence-electron chi connectivity index (χ2n) is 6.80. The molecule has 0 aliphatic carbocycles. The number of likely N-dealkylation sites (tertiary alicyclic amines) is 1. The zero-order valence-electron chi connectivity index (χ0n) is 16.9. The first-order chi connectivity index (χ1) is 12.8. The van der Waals surface area contributed by atoms with Crippen molar-refractivity contribution in [3.05, 3.63) is 24.2 Å². The Balaban J connectivity index is 0.00000364. The SMILES string of the molecule is CCCN1CCC(NC(=NCCCOCC)NCCc2ccco2)CC1.I. The zero-order chi connectivity index (χ0) is 18.5. The van der Waals surface area contributed by atoms with Gasteiger partial charge in [-0.3, -0.25) is 4.99 Å². The summed E-state index contributed by atoms with van der Waals surface area (Å²) >= 11 is 0. The minimum absolute atomic E-state index is 0. The molecule has 156 valence electrons. The smallest absolute Gasteiger partial charge is 0.191 e. The number of aliphatic imine (C=N–C) groups is 1. The number of halogens is 1. The fourth-order valence-corrected chi connectivity index (χ4v) is 3.22. The fourth-order valence-electron chi connectivity index (χ4n) is 3.22. The van der Waals surface area contributed by atoms with Crippen molar-refractivity contribution in [2.75, 3.05) is 45.9 Å². The predicted molar refractivity (Wildman–Crippen MR) is 122 cm³/mol. The molecule has 2 N–H and O–H groups in total. The molecule has 2 heterocycles. The van der Waals surface area contributed by atoms with Gasteiger partial charge in [-0.1, -0.05) is 6.92 Å². The Morgan fingerprint density at radius 2 is 2.15 bits per heavy atom. The third-order valence-electron chi connectivity index (χ3n) is 4.63. The van der Waals surface area contributed by atoms with Crippen LogP contribution in [0.2, 0.25) is 0 Å². The third kappa shape index (κ3) is 10.4. The van der Waals surface area contributed by atoms with E-state index in [1.807, 2.05) is 19.1 Å². The highest BCUT2D eigenvalue weighted by Crippen LogP contribution is 2.10. The van der Waals surface area contributed by atoms with Gasteiger partial charge in [0.2, 0.25) is 0 Å². The molecule has 0 saturated carbocycles. The first-order valence-corrected chi connectivity index (χ1v) is 10.2. The molecule has 0 atom stereocenters. The largest absolute Gasteiger partial charge is 0.469 e. The molecule has 1 aliphatic rings. The zero-order valence-corrected chi connectivity index (χ0v) is 19.2. The van der Waals surface area contributed by atoms with Gasteiger partial charge < -0.3 is 24.7 Å². The van der Waals surface area contributed by atoms with Crippen LogP contribution in [0.5, 0.6) is 0 Å². The maximum Gasteiger partial charge on any atom is 0.191 e. The quantitative estimate of drug-likeness (QED) is 0.215. The minimum atomic E-state index is 0. The highest BCUT2D eigenvalue weighted by atomic mass is 127. The number of hydrogen-bond acceptors (Lipinski definition) is 4. The number of nitrogens with one attached hydrogen (secondary N) is 2. The summed E-state index contributed by atoms with van der Waals surface area (Å²) in [6.07, 6.45) is 7.13. The van der Waals surface area contributed by atoms with Crippen LogP contribution in [0.3, 0.4) is 0 Å². The summed E-state index contributed by atoms with van der Waals surface area (Å²) in [6.45, 7) is 11.0. The molecule has 0 aromatic carbocycles. The van der Waals surface area contributed by atoms with E-state index in [9.17, 15) is 0 Å². The fraction of sp³-hybridized carbons (Fsp3) is 0.750. The molecule has 27 heavy (non-hydrogen) atoms. The van der Waals surface area contributed by atoms with Crippen molar-refractivity contribution >= 4 is 29.9 Å². The van der Waals surface area contributed by atoms with Crippen LogP contribution < -0.4 is 10.6 Å². The standard InChI is InChI=1S/C20H36N4O2.HI/c1-3-13-24-14-9-18(10-15-24)23-20(21-11-6-16-25-4-2)22-12-8-19-7-5-17-26-19;/h5,7,17-18H,3-4,6,8-16H2,1-2H3,(H2,21,22,23);1H. The number of hydrogen-bond donors (Lipinski definition) is 2. The third-order valence-corrected chi connectivity index (χ3v) is 4.63. The average Bonchev–Trinajstić information content (AvgIpc) is 3.16. The van der Waals surface area contributed by atoms with Crippen LogP contribution in [0.25, 0.3) is 0 Å². The molecule has 1 fully saturated rings. The normalized spacial score (nSPS) is 16.1. The lowest BCUT2D eigenvalue weighted by Gasteiger charge is -2.32. The maximum absolute atomic E-state index is 5.40. The van der Waals surface area contributed by atoms with Crippen molar-refractivity contribution in [2.24, 2.45) is 4.99 Å². The summed E-state index contributed by atoms with van der Waals surface area (Å²) in [5.41, 5.74) is 0. The lowest BCUT2D eigenvalue weighted by molar-refractivity contribution is 0.146. The average molecular weight is 492 g/mol. The van der Waals surface area contributed by atoms with Crippen LogP contribution in [0, 0.1) is 0 Å². The van der Waals surface area contributed by atoms with Crippen LogP contribution in [0.4, 0.5) is 0 Å². The summed E-state index contributed by atoms with van der Waals surface area (Å²) < 4.78 is 10.8. The molecule has 7 heteroatoms. The van der Waals surface area contributed by atoms with Gasteiger partial charge in [-0.2, -0.15) is 0 Å². The highest BCUT2D eigenvalue weighted by molar-refractivity contribution is 14.0. The van der Waals surface area contributed by atoms with E-state index >= 15 is 0 Å². The Hall–Kier alpha value is -0.800. The van der Waals surface area contributed by atoms with Crippen LogP contribution in [0.15, 0.2) is 27.8 Å².